The van der Waals surface area contributed by atoms with Gasteiger partial charge in [0.1, 0.15) is 0 Å². The Labute approximate surface area is 144 Å². The van der Waals surface area contributed by atoms with Crippen molar-refractivity contribution in [2.24, 2.45) is 0 Å². The van der Waals surface area contributed by atoms with E-state index in [2.05, 4.69) is 25.3 Å². The van der Waals surface area contributed by atoms with Gasteiger partial charge in [0.05, 0.1) is 35.0 Å². The van der Waals surface area contributed by atoms with E-state index in [0.717, 1.165) is 56.1 Å². The number of morpholine rings is 1. The Balaban J connectivity index is 1.47. The third-order valence-electron chi connectivity index (χ3n) is 4.13. The molecule has 0 saturated carbocycles. The smallest absolute Gasteiger partial charge is 0.229 e. The summed E-state index contributed by atoms with van der Waals surface area (Å²) in [5, 5.41) is 8.27. The van der Waals surface area contributed by atoms with Crippen molar-refractivity contribution < 1.29 is 4.74 Å². The number of anilines is 1. The zero-order valence-electron chi connectivity index (χ0n) is 13.2. The molecule has 2 N–H and O–H groups in total. The Kier molecular flexibility index (Phi) is 4.38. The largest absolute Gasteiger partial charge is 0.382 e. The predicted octanol–water partition coefficient (Wildman–Crippen LogP) is 2.15. The molecule has 0 aliphatic carbocycles. The molecule has 0 bridgehead atoms. The van der Waals surface area contributed by atoms with Gasteiger partial charge in [0.2, 0.25) is 5.95 Å². The maximum Gasteiger partial charge on any atom is 0.229 e. The van der Waals surface area contributed by atoms with E-state index in [-0.39, 0.29) is 0 Å². The van der Waals surface area contributed by atoms with Gasteiger partial charge in [-0.15, -0.1) is 0 Å². The van der Waals surface area contributed by atoms with Crippen molar-refractivity contribution in [2.45, 2.75) is 0 Å². The molecule has 1 aliphatic heterocycles. The maximum absolute atomic E-state index is 6.39. The lowest BCUT2D eigenvalue weighted by atomic mass is 10.2. The first-order valence-corrected chi connectivity index (χ1v) is 8.41. The molecule has 1 fully saturated rings. The molecule has 24 heavy (non-hydrogen) atoms. The van der Waals surface area contributed by atoms with Crippen LogP contribution in [0.1, 0.15) is 0 Å². The van der Waals surface area contributed by atoms with Gasteiger partial charge in [0.15, 0.2) is 0 Å². The number of hydrogen-bond acceptors (Lipinski definition) is 5. The summed E-state index contributed by atoms with van der Waals surface area (Å²) in [6.45, 7) is 5.41. The number of hydrogen-bond donors (Lipinski definition) is 2. The third kappa shape index (κ3) is 3.24. The summed E-state index contributed by atoms with van der Waals surface area (Å²) in [7, 11) is 0. The first-order valence-electron chi connectivity index (χ1n) is 8.03. The summed E-state index contributed by atoms with van der Waals surface area (Å²) in [5.74, 6) is 0.677. The van der Waals surface area contributed by atoms with Gasteiger partial charge in [-0.05, 0) is 18.2 Å². The van der Waals surface area contributed by atoms with E-state index >= 15 is 0 Å². The molecule has 0 atom stereocenters. The minimum Gasteiger partial charge on any atom is -0.382 e. The molecule has 4 rings (SSSR count). The van der Waals surface area contributed by atoms with E-state index < -0.39 is 0 Å². The second-order valence-corrected chi connectivity index (χ2v) is 6.15. The molecular weight excluding hydrogens is 328 g/mol. The molecule has 7 nitrogen and oxygen atoms in total. The summed E-state index contributed by atoms with van der Waals surface area (Å²) in [6, 6.07) is 5.73. The number of imidazole rings is 1. The van der Waals surface area contributed by atoms with E-state index in [9.17, 15) is 0 Å². The van der Waals surface area contributed by atoms with E-state index in [0.29, 0.717) is 11.0 Å². The number of benzene rings is 1. The van der Waals surface area contributed by atoms with Crippen LogP contribution >= 0.6 is 11.6 Å². The van der Waals surface area contributed by atoms with Crippen molar-refractivity contribution in [3.8, 4) is 5.95 Å². The monoisotopic (exact) mass is 346 g/mol. The van der Waals surface area contributed by atoms with Crippen LogP contribution in [0.2, 0.25) is 5.02 Å². The average Bonchev–Trinajstić information content (AvgIpc) is 3.25. The zero-order chi connectivity index (χ0) is 16.4. The molecule has 1 saturated heterocycles. The van der Waals surface area contributed by atoms with Crippen molar-refractivity contribution in [3.05, 3.63) is 35.6 Å². The van der Waals surface area contributed by atoms with Crippen molar-refractivity contribution in [3.63, 3.8) is 0 Å². The molecule has 3 aromatic rings. The van der Waals surface area contributed by atoms with Crippen molar-refractivity contribution >= 4 is 28.3 Å². The SMILES string of the molecule is Clc1cc2[nH]c(-n3cccn3)nc2cc1NCCN1CCOCC1. The van der Waals surface area contributed by atoms with E-state index in [1.807, 2.05) is 24.4 Å². The minimum absolute atomic E-state index is 0.677. The number of aromatic nitrogens is 4. The van der Waals surface area contributed by atoms with E-state index in [1.54, 1.807) is 10.9 Å². The number of nitrogens with zero attached hydrogens (tertiary/aromatic N) is 4. The molecule has 3 heterocycles. The normalized spacial score (nSPS) is 15.9. The Morgan fingerprint density at radius 1 is 1.29 bits per heavy atom. The van der Waals surface area contributed by atoms with E-state index in [4.69, 9.17) is 16.3 Å². The van der Waals surface area contributed by atoms with Crippen molar-refractivity contribution in [1.82, 2.24) is 24.6 Å². The number of halogens is 1. The summed E-state index contributed by atoms with van der Waals surface area (Å²) in [5.41, 5.74) is 2.65. The number of ether oxygens (including phenoxy) is 1. The minimum atomic E-state index is 0.677. The van der Waals surface area contributed by atoms with Gasteiger partial charge in [0, 0.05) is 38.6 Å². The van der Waals surface area contributed by atoms with Crippen LogP contribution in [0.15, 0.2) is 30.6 Å². The summed E-state index contributed by atoms with van der Waals surface area (Å²) in [6.07, 6.45) is 3.57. The molecule has 0 spiro atoms. The fraction of sp³-hybridized carbons (Fsp3) is 0.375. The lowest BCUT2D eigenvalue weighted by Gasteiger charge is -2.26. The van der Waals surface area contributed by atoms with Crippen LogP contribution in [0.3, 0.4) is 0 Å². The molecule has 126 valence electrons. The van der Waals surface area contributed by atoms with Gasteiger partial charge in [-0.2, -0.15) is 5.10 Å². The Bertz CT molecular complexity index is 809. The van der Waals surface area contributed by atoms with Crippen LogP contribution in [-0.4, -0.2) is 64.0 Å². The molecule has 2 aromatic heterocycles. The van der Waals surface area contributed by atoms with Crippen LogP contribution in [0.4, 0.5) is 5.69 Å². The molecule has 0 amide bonds. The summed E-state index contributed by atoms with van der Waals surface area (Å²) < 4.78 is 7.06. The highest BCUT2D eigenvalue weighted by atomic mass is 35.5. The number of nitrogens with one attached hydrogen (secondary N) is 2. The highest BCUT2D eigenvalue weighted by Crippen LogP contribution is 2.27. The second kappa shape index (κ2) is 6.80. The number of rotatable bonds is 5. The Morgan fingerprint density at radius 2 is 2.17 bits per heavy atom. The first-order chi connectivity index (χ1) is 11.8. The summed E-state index contributed by atoms with van der Waals surface area (Å²) >= 11 is 6.39. The maximum atomic E-state index is 6.39. The Hall–Kier alpha value is -2.09. The summed E-state index contributed by atoms with van der Waals surface area (Å²) in [4.78, 5) is 10.2. The fourth-order valence-corrected chi connectivity index (χ4v) is 3.06. The number of aromatic amines is 1. The van der Waals surface area contributed by atoms with Crippen molar-refractivity contribution in [2.75, 3.05) is 44.7 Å². The van der Waals surface area contributed by atoms with Gasteiger partial charge >= 0.3 is 0 Å². The van der Waals surface area contributed by atoms with Gasteiger partial charge in [-0.3, -0.25) is 4.90 Å². The topological polar surface area (TPSA) is 71.0 Å². The lowest BCUT2D eigenvalue weighted by molar-refractivity contribution is 0.0398. The first kappa shape index (κ1) is 15.4. The van der Waals surface area contributed by atoms with Gasteiger partial charge < -0.3 is 15.0 Å². The van der Waals surface area contributed by atoms with Crippen LogP contribution in [-0.2, 0) is 4.74 Å². The van der Waals surface area contributed by atoms with Gasteiger partial charge in [-0.25, -0.2) is 9.67 Å². The van der Waals surface area contributed by atoms with Crippen molar-refractivity contribution in [1.29, 1.82) is 0 Å². The predicted molar refractivity (Wildman–Crippen MR) is 94.0 cm³/mol. The Morgan fingerprint density at radius 3 is 2.96 bits per heavy atom. The number of H-pyrrole nitrogens is 1. The highest BCUT2D eigenvalue weighted by molar-refractivity contribution is 6.34. The van der Waals surface area contributed by atoms with Gasteiger partial charge in [-0.1, -0.05) is 11.6 Å². The fourth-order valence-electron chi connectivity index (χ4n) is 2.83. The van der Waals surface area contributed by atoms with E-state index in [1.165, 1.54) is 0 Å². The second-order valence-electron chi connectivity index (χ2n) is 5.74. The molecule has 0 radical (unpaired) electrons. The highest BCUT2D eigenvalue weighted by Gasteiger charge is 2.11. The molecular formula is C16H19ClN6O. The van der Waals surface area contributed by atoms with Crippen LogP contribution < -0.4 is 5.32 Å². The van der Waals surface area contributed by atoms with Gasteiger partial charge in [0.25, 0.3) is 0 Å². The number of fused-ring (bicyclic) bond motifs is 1. The molecule has 1 aromatic carbocycles. The molecule has 8 heteroatoms. The van der Waals surface area contributed by atoms with Crippen LogP contribution in [0, 0.1) is 0 Å². The van der Waals surface area contributed by atoms with Crippen LogP contribution in [0.25, 0.3) is 17.0 Å². The van der Waals surface area contributed by atoms with Crippen LogP contribution in [0.5, 0.6) is 0 Å². The quantitative estimate of drug-likeness (QED) is 0.740. The molecule has 1 aliphatic rings. The third-order valence-corrected chi connectivity index (χ3v) is 4.44. The standard InChI is InChI=1S/C16H19ClN6O/c17-12-10-14-15(21-16(20-14)23-4-1-2-19-23)11-13(12)18-3-5-22-6-8-24-9-7-22/h1-2,4,10-11,18H,3,5-9H2,(H,20,21). The molecule has 0 unspecified atom stereocenters. The zero-order valence-corrected chi connectivity index (χ0v) is 14.0. The lowest BCUT2D eigenvalue weighted by Crippen LogP contribution is -2.39. The average molecular weight is 347 g/mol.